The number of hydrogen-bond donors (Lipinski definition) is 0. The SMILES string of the molecule is CCCOC[N+](C)(C)CC. The molecular weight excluding hydrogens is 126 g/mol. The zero-order valence-corrected chi connectivity index (χ0v) is 7.68. The zero-order chi connectivity index (χ0) is 8.04. The summed E-state index contributed by atoms with van der Waals surface area (Å²) in [4.78, 5) is 0. The van der Waals surface area contributed by atoms with Crippen LogP contribution >= 0.6 is 0 Å². The Morgan fingerprint density at radius 2 is 1.80 bits per heavy atom. The summed E-state index contributed by atoms with van der Waals surface area (Å²) in [5, 5.41) is 0. The summed E-state index contributed by atoms with van der Waals surface area (Å²) in [7, 11) is 4.35. The highest BCUT2D eigenvalue weighted by Gasteiger charge is 2.09. The molecule has 0 unspecified atom stereocenters. The van der Waals surface area contributed by atoms with E-state index in [0.29, 0.717) is 0 Å². The van der Waals surface area contributed by atoms with Crippen LogP contribution in [0.1, 0.15) is 20.3 Å². The van der Waals surface area contributed by atoms with Gasteiger partial charge in [0.15, 0.2) is 6.73 Å². The van der Waals surface area contributed by atoms with Gasteiger partial charge in [-0.2, -0.15) is 0 Å². The Morgan fingerprint density at radius 1 is 1.20 bits per heavy atom. The number of nitrogens with zero attached hydrogens (tertiary/aromatic N) is 1. The Bertz CT molecular complexity index is 81.3. The molecule has 10 heavy (non-hydrogen) atoms. The molecule has 0 aromatic rings. The van der Waals surface area contributed by atoms with Crippen molar-refractivity contribution in [1.82, 2.24) is 0 Å². The maximum atomic E-state index is 5.41. The average molecular weight is 146 g/mol. The first-order chi connectivity index (χ1) is 4.62. The van der Waals surface area contributed by atoms with Crippen LogP contribution in [0, 0.1) is 0 Å². The molecule has 2 heteroatoms. The highest BCUT2D eigenvalue weighted by Crippen LogP contribution is 1.95. The van der Waals surface area contributed by atoms with Crippen molar-refractivity contribution in [1.29, 1.82) is 0 Å². The molecule has 0 saturated carbocycles. The second-order valence-electron chi connectivity index (χ2n) is 3.29. The Morgan fingerprint density at radius 3 is 2.20 bits per heavy atom. The van der Waals surface area contributed by atoms with E-state index in [4.69, 9.17) is 4.74 Å². The number of ether oxygens (including phenoxy) is 1. The minimum atomic E-state index is 0.838. The smallest absolute Gasteiger partial charge is 0.182 e. The number of quaternary nitrogens is 1. The van der Waals surface area contributed by atoms with Crippen LogP contribution in [-0.4, -0.2) is 38.5 Å². The van der Waals surface area contributed by atoms with E-state index in [1.807, 2.05) is 0 Å². The maximum Gasteiger partial charge on any atom is 0.182 e. The molecule has 0 aromatic carbocycles. The van der Waals surface area contributed by atoms with E-state index in [0.717, 1.165) is 30.8 Å². The van der Waals surface area contributed by atoms with Crippen LogP contribution in [0.2, 0.25) is 0 Å². The van der Waals surface area contributed by atoms with E-state index in [9.17, 15) is 0 Å². The largest absolute Gasteiger partial charge is 0.332 e. The van der Waals surface area contributed by atoms with Gasteiger partial charge in [-0.1, -0.05) is 6.92 Å². The van der Waals surface area contributed by atoms with Gasteiger partial charge in [-0.05, 0) is 13.3 Å². The lowest BCUT2D eigenvalue weighted by Gasteiger charge is -2.27. The second kappa shape index (κ2) is 4.69. The first-order valence-corrected chi connectivity index (χ1v) is 4.02. The van der Waals surface area contributed by atoms with Crippen LogP contribution < -0.4 is 0 Å². The van der Waals surface area contributed by atoms with E-state index < -0.39 is 0 Å². The first-order valence-electron chi connectivity index (χ1n) is 4.02. The Kier molecular flexibility index (Phi) is 4.65. The summed E-state index contributed by atoms with van der Waals surface area (Å²) in [5.41, 5.74) is 0. The van der Waals surface area contributed by atoms with Crippen LogP contribution in [0.5, 0.6) is 0 Å². The lowest BCUT2D eigenvalue weighted by molar-refractivity contribution is -0.908. The topological polar surface area (TPSA) is 9.23 Å². The third kappa shape index (κ3) is 4.77. The van der Waals surface area contributed by atoms with Crippen LogP contribution in [0.15, 0.2) is 0 Å². The van der Waals surface area contributed by atoms with Gasteiger partial charge in [0.25, 0.3) is 0 Å². The summed E-state index contributed by atoms with van der Waals surface area (Å²) in [5.74, 6) is 0. The molecule has 0 atom stereocenters. The predicted molar refractivity (Wildman–Crippen MR) is 43.8 cm³/mol. The first kappa shape index (κ1) is 9.92. The summed E-state index contributed by atoms with van der Waals surface area (Å²) in [6.45, 7) is 7.16. The van der Waals surface area contributed by atoms with Crippen LogP contribution in [0.3, 0.4) is 0 Å². The number of hydrogen-bond acceptors (Lipinski definition) is 1. The van der Waals surface area contributed by atoms with Crippen LogP contribution in [-0.2, 0) is 4.74 Å². The van der Waals surface area contributed by atoms with Crippen molar-refractivity contribution in [3.8, 4) is 0 Å². The molecule has 2 nitrogen and oxygen atoms in total. The molecule has 0 spiro atoms. The molecule has 0 fully saturated rings. The normalized spacial score (nSPS) is 12.0. The Labute approximate surface area is 64.4 Å². The Hall–Kier alpha value is -0.0800. The van der Waals surface area contributed by atoms with Crippen LogP contribution in [0.4, 0.5) is 0 Å². The number of rotatable bonds is 5. The summed E-state index contributed by atoms with van der Waals surface area (Å²) >= 11 is 0. The van der Waals surface area contributed by atoms with E-state index in [2.05, 4.69) is 27.9 Å². The molecule has 0 N–H and O–H groups in total. The minimum absolute atomic E-state index is 0.838. The monoisotopic (exact) mass is 146 g/mol. The molecule has 0 aliphatic rings. The molecule has 0 aliphatic heterocycles. The van der Waals surface area contributed by atoms with Crippen molar-refractivity contribution in [3.63, 3.8) is 0 Å². The maximum absolute atomic E-state index is 5.41. The second-order valence-corrected chi connectivity index (χ2v) is 3.29. The third-order valence-electron chi connectivity index (χ3n) is 1.65. The molecule has 0 bridgehead atoms. The van der Waals surface area contributed by atoms with Crippen LogP contribution in [0.25, 0.3) is 0 Å². The van der Waals surface area contributed by atoms with Gasteiger partial charge in [0, 0.05) is 0 Å². The molecule has 0 aliphatic carbocycles. The van der Waals surface area contributed by atoms with E-state index in [-0.39, 0.29) is 0 Å². The predicted octanol–water partition coefficient (Wildman–Crippen LogP) is 1.47. The van der Waals surface area contributed by atoms with Gasteiger partial charge in [-0.3, -0.25) is 0 Å². The van der Waals surface area contributed by atoms with Gasteiger partial charge in [-0.25, -0.2) is 0 Å². The minimum Gasteiger partial charge on any atom is -0.332 e. The van der Waals surface area contributed by atoms with E-state index in [1.54, 1.807) is 0 Å². The molecule has 0 radical (unpaired) electrons. The molecule has 0 rings (SSSR count). The molecule has 0 aromatic heterocycles. The summed E-state index contributed by atoms with van der Waals surface area (Å²) in [6.07, 6.45) is 1.11. The highest BCUT2D eigenvalue weighted by molar-refractivity contribution is 4.21. The molecule has 62 valence electrons. The fourth-order valence-electron chi connectivity index (χ4n) is 0.547. The summed E-state index contributed by atoms with van der Waals surface area (Å²) in [6, 6.07) is 0. The average Bonchev–Trinajstić information content (AvgIpc) is 1.89. The quantitative estimate of drug-likeness (QED) is 0.324. The third-order valence-corrected chi connectivity index (χ3v) is 1.65. The highest BCUT2D eigenvalue weighted by atomic mass is 16.5. The summed E-state index contributed by atoms with van der Waals surface area (Å²) < 4.78 is 6.37. The van der Waals surface area contributed by atoms with Crippen molar-refractivity contribution >= 4 is 0 Å². The van der Waals surface area contributed by atoms with Gasteiger partial charge in [0.2, 0.25) is 0 Å². The van der Waals surface area contributed by atoms with Gasteiger partial charge in [-0.15, -0.1) is 0 Å². The van der Waals surface area contributed by atoms with Gasteiger partial charge < -0.3 is 9.22 Å². The molecule has 0 saturated heterocycles. The van der Waals surface area contributed by atoms with Crippen molar-refractivity contribution in [2.45, 2.75) is 20.3 Å². The molecule has 0 amide bonds. The van der Waals surface area contributed by atoms with Crippen molar-refractivity contribution in [2.24, 2.45) is 0 Å². The van der Waals surface area contributed by atoms with Crippen molar-refractivity contribution in [2.75, 3.05) is 34.0 Å². The van der Waals surface area contributed by atoms with Gasteiger partial charge >= 0.3 is 0 Å². The Balaban J connectivity index is 3.28. The fourth-order valence-corrected chi connectivity index (χ4v) is 0.547. The van der Waals surface area contributed by atoms with Crippen molar-refractivity contribution in [3.05, 3.63) is 0 Å². The standard InChI is InChI=1S/C8H20NO/c1-5-7-10-8-9(3,4)6-2/h5-8H2,1-4H3/q+1. The van der Waals surface area contributed by atoms with E-state index >= 15 is 0 Å². The fraction of sp³-hybridized carbons (Fsp3) is 1.00. The van der Waals surface area contributed by atoms with Gasteiger partial charge in [0.05, 0.1) is 27.2 Å². The lowest BCUT2D eigenvalue weighted by Crippen LogP contribution is -2.41. The van der Waals surface area contributed by atoms with Crippen molar-refractivity contribution < 1.29 is 9.22 Å². The van der Waals surface area contributed by atoms with E-state index in [1.165, 1.54) is 0 Å². The lowest BCUT2D eigenvalue weighted by atomic mass is 10.5. The van der Waals surface area contributed by atoms with Gasteiger partial charge in [0.1, 0.15) is 0 Å². The zero-order valence-electron chi connectivity index (χ0n) is 7.68. The molecular formula is C8H20NO+. The molecule has 0 heterocycles.